The first-order valence-corrected chi connectivity index (χ1v) is 6.72. The lowest BCUT2D eigenvalue weighted by molar-refractivity contribution is -0.131. The Kier molecular flexibility index (Phi) is 4.53. The van der Waals surface area contributed by atoms with Crippen LogP contribution < -0.4 is 5.32 Å². The van der Waals surface area contributed by atoms with Crippen molar-refractivity contribution in [3.8, 4) is 6.07 Å². The van der Waals surface area contributed by atoms with Gasteiger partial charge in [-0.25, -0.2) is 0 Å². The number of likely N-dealkylation sites (tertiary alicyclic amines) is 1. The van der Waals surface area contributed by atoms with E-state index < -0.39 is 0 Å². The molecule has 4 nitrogen and oxygen atoms in total. The summed E-state index contributed by atoms with van der Waals surface area (Å²) in [6, 6.07) is 9.36. The Labute approximate surface area is 114 Å². The molecule has 0 saturated carbocycles. The van der Waals surface area contributed by atoms with Crippen LogP contribution in [0.1, 0.15) is 30.9 Å². The van der Waals surface area contributed by atoms with Crippen molar-refractivity contribution in [2.75, 3.05) is 13.1 Å². The number of nitrogens with zero attached hydrogens (tertiary/aromatic N) is 2. The molecule has 1 aliphatic rings. The van der Waals surface area contributed by atoms with Gasteiger partial charge in [0.05, 0.1) is 17.7 Å². The number of hydrogen-bond acceptors (Lipinski definition) is 3. The number of hydrogen-bond donors (Lipinski definition) is 1. The van der Waals surface area contributed by atoms with Crippen molar-refractivity contribution in [3.05, 3.63) is 35.4 Å². The fourth-order valence-electron chi connectivity index (χ4n) is 2.27. The van der Waals surface area contributed by atoms with Crippen LogP contribution in [-0.4, -0.2) is 29.9 Å². The van der Waals surface area contributed by atoms with Crippen LogP contribution in [0.2, 0.25) is 0 Å². The summed E-state index contributed by atoms with van der Waals surface area (Å²) < 4.78 is 0. The lowest BCUT2D eigenvalue weighted by atomic mass is 10.1. The molecule has 0 radical (unpaired) electrons. The molecule has 0 aromatic heterocycles. The van der Waals surface area contributed by atoms with Crippen LogP contribution in [0.5, 0.6) is 0 Å². The quantitative estimate of drug-likeness (QED) is 0.892. The highest BCUT2D eigenvalue weighted by atomic mass is 16.2. The van der Waals surface area contributed by atoms with E-state index in [2.05, 4.69) is 11.4 Å². The minimum Gasteiger partial charge on any atom is -0.341 e. The molecule has 0 aliphatic carbocycles. The van der Waals surface area contributed by atoms with Gasteiger partial charge >= 0.3 is 0 Å². The Balaban J connectivity index is 1.83. The molecule has 1 N–H and O–H groups in total. The molecule has 1 aromatic carbocycles. The molecule has 0 spiro atoms. The molecule has 19 heavy (non-hydrogen) atoms. The normalized spacial score (nSPS) is 16.1. The standard InChI is InChI=1S/C15H19N3O/c1-12(15(19)18-8-2-3-9-18)17-11-14-6-4-13(10-16)5-7-14/h4-7,12,17H,2-3,8-9,11H2,1H3. The lowest BCUT2D eigenvalue weighted by Crippen LogP contribution is -2.43. The fraction of sp³-hybridized carbons (Fsp3) is 0.467. The van der Waals surface area contributed by atoms with Crippen molar-refractivity contribution >= 4 is 5.91 Å². The topological polar surface area (TPSA) is 56.1 Å². The summed E-state index contributed by atoms with van der Waals surface area (Å²) in [7, 11) is 0. The van der Waals surface area contributed by atoms with Gasteiger partial charge in [-0.3, -0.25) is 4.79 Å². The maximum Gasteiger partial charge on any atom is 0.239 e. The summed E-state index contributed by atoms with van der Waals surface area (Å²) in [4.78, 5) is 14.0. The highest BCUT2D eigenvalue weighted by Crippen LogP contribution is 2.09. The molecule has 4 heteroatoms. The Hall–Kier alpha value is -1.86. The van der Waals surface area contributed by atoms with E-state index in [1.54, 1.807) is 12.1 Å². The second-order valence-electron chi connectivity index (χ2n) is 4.94. The summed E-state index contributed by atoms with van der Waals surface area (Å²) in [5.41, 5.74) is 1.74. The minimum atomic E-state index is -0.159. The number of nitrogens with one attached hydrogen (secondary N) is 1. The molecule has 1 amide bonds. The van der Waals surface area contributed by atoms with Crippen LogP contribution in [0.4, 0.5) is 0 Å². The highest BCUT2D eigenvalue weighted by molar-refractivity contribution is 5.81. The van der Waals surface area contributed by atoms with E-state index in [1.165, 1.54) is 0 Å². The first kappa shape index (κ1) is 13.6. The van der Waals surface area contributed by atoms with E-state index in [0.717, 1.165) is 31.5 Å². The molecule has 1 saturated heterocycles. The van der Waals surface area contributed by atoms with Gasteiger partial charge in [-0.2, -0.15) is 5.26 Å². The van der Waals surface area contributed by atoms with E-state index in [0.29, 0.717) is 12.1 Å². The van der Waals surface area contributed by atoms with E-state index in [9.17, 15) is 4.79 Å². The average molecular weight is 257 g/mol. The number of nitriles is 1. The highest BCUT2D eigenvalue weighted by Gasteiger charge is 2.22. The van der Waals surface area contributed by atoms with Crippen molar-refractivity contribution in [1.29, 1.82) is 5.26 Å². The van der Waals surface area contributed by atoms with Crippen LogP contribution >= 0.6 is 0 Å². The molecule has 1 aliphatic heterocycles. The number of carbonyl (C=O) groups excluding carboxylic acids is 1. The molecular weight excluding hydrogens is 238 g/mol. The van der Waals surface area contributed by atoms with E-state index in [1.807, 2.05) is 24.0 Å². The van der Waals surface area contributed by atoms with Crippen molar-refractivity contribution in [3.63, 3.8) is 0 Å². The number of carbonyl (C=O) groups is 1. The Bertz CT molecular complexity index is 469. The third-order valence-electron chi connectivity index (χ3n) is 3.48. The number of amides is 1. The van der Waals surface area contributed by atoms with Crippen molar-refractivity contribution in [2.24, 2.45) is 0 Å². The lowest BCUT2D eigenvalue weighted by Gasteiger charge is -2.21. The molecule has 1 unspecified atom stereocenters. The monoisotopic (exact) mass is 257 g/mol. The molecule has 0 bridgehead atoms. The number of benzene rings is 1. The molecule has 2 rings (SSSR count). The van der Waals surface area contributed by atoms with Crippen molar-refractivity contribution < 1.29 is 4.79 Å². The maximum atomic E-state index is 12.1. The summed E-state index contributed by atoms with van der Waals surface area (Å²) in [5, 5.41) is 12.0. The van der Waals surface area contributed by atoms with Gasteiger partial charge in [0, 0.05) is 19.6 Å². The maximum absolute atomic E-state index is 12.1. The largest absolute Gasteiger partial charge is 0.341 e. The van der Waals surface area contributed by atoms with Gasteiger partial charge in [0.15, 0.2) is 0 Å². The third-order valence-corrected chi connectivity index (χ3v) is 3.48. The smallest absolute Gasteiger partial charge is 0.239 e. The Morgan fingerprint density at radius 2 is 2.00 bits per heavy atom. The fourth-order valence-corrected chi connectivity index (χ4v) is 2.27. The van der Waals surface area contributed by atoms with Gasteiger partial charge in [0.2, 0.25) is 5.91 Å². The molecular formula is C15H19N3O. The summed E-state index contributed by atoms with van der Waals surface area (Å²) in [6.45, 7) is 4.33. The zero-order valence-electron chi connectivity index (χ0n) is 11.2. The third kappa shape index (κ3) is 3.55. The minimum absolute atomic E-state index is 0.159. The summed E-state index contributed by atoms with van der Waals surface area (Å²) in [6.07, 6.45) is 2.24. The number of rotatable bonds is 4. The van der Waals surface area contributed by atoms with Crippen LogP contribution in [0.25, 0.3) is 0 Å². The second-order valence-corrected chi connectivity index (χ2v) is 4.94. The van der Waals surface area contributed by atoms with Crippen LogP contribution in [0.3, 0.4) is 0 Å². The predicted molar refractivity (Wildman–Crippen MR) is 73.3 cm³/mol. The molecule has 100 valence electrons. The average Bonchev–Trinajstić information content (AvgIpc) is 2.98. The van der Waals surface area contributed by atoms with Gasteiger partial charge < -0.3 is 10.2 Å². The van der Waals surface area contributed by atoms with Crippen molar-refractivity contribution in [2.45, 2.75) is 32.4 Å². The molecule has 1 heterocycles. The summed E-state index contributed by atoms with van der Waals surface area (Å²) >= 11 is 0. The SMILES string of the molecule is CC(NCc1ccc(C#N)cc1)C(=O)N1CCCC1. The second kappa shape index (κ2) is 6.35. The summed E-state index contributed by atoms with van der Waals surface area (Å²) in [5.74, 6) is 0.186. The molecule has 1 atom stereocenters. The zero-order valence-corrected chi connectivity index (χ0v) is 11.2. The van der Waals surface area contributed by atoms with Gasteiger partial charge in [0.25, 0.3) is 0 Å². The predicted octanol–water partition coefficient (Wildman–Crippen LogP) is 1.66. The van der Waals surface area contributed by atoms with E-state index >= 15 is 0 Å². The first-order chi connectivity index (χ1) is 9.20. The molecule has 1 aromatic rings. The van der Waals surface area contributed by atoms with Gasteiger partial charge in [0.1, 0.15) is 0 Å². The van der Waals surface area contributed by atoms with Gasteiger partial charge in [-0.1, -0.05) is 12.1 Å². The van der Waals surface area contributed by atoms with Gasteiger partial charge in [-0.15, -0.1) is 0 Å². The Morgan fingerprint density at radius 3 is 2.58 bits per heavy atom. The van der Waals surface area contributed by atoms with Crippen LogP contribution in [0.15, 0.2) is 24.3 Å². The molecule has 1 fully saturated rings. The van der Waals surface area contributed by atoms with Gasteiger partial charge in [-0.05, 0) is 37.5 Å². The van der Waals surface area contributed by atoms with Crippen LogP contribution in [0, 0.1) is 11.3 Å². The van der Waals surface area contributed by atoms with E-state index in [4.69, 9.17) is 5.26 Å². The first-order valence-electron chi connectivity index (χ1n) is 6.72. The van der Waals surface area contributed by atoms with Crippen LogP contribution in [-0.2, 0) is 11.3 Å². The Morgan fingerprint density at radius 1 is 1.37 bits per heavy atom. The van der Waals surface area contributed by atoms with E-state index in [-0.39, 0.29) is 11.9 Å². The zero-order chi connectivity index (χ0) is 13.7. The van der Waals surface area contributed by atoms with Crippen molar-refractivity contribution in [1.82, 2.24) is 10.2 Å².